The summed E-state index contributed by atoms with van der Waals surface area (Å²) in [4.78, 5) is 24.8. The van der Waals surface area contributed by atoms with Crippen LogP contribution in [-0.4, -0.2) is 43.2 Å². The minimum Gasteiger partial charge on any atom is -0.462 e. The van der Waals surface area contributed by atoms with E-state index in [1.165, 1.54) is 0 Å². The summed E-state index contributed by atoms with van der Waals surface area (Å²) in [6.45, 7) is 9.78. The smallest absolute Gasteiger partial charge is 0.347 e. The fourth-order valence-electron chi connectivity index (χ4n) is 1.31. The summed E-state index contributed by atoms with van der Waals surface area (Å²) in [5, 5.41) is 6.01. The van der Waals surface area contributed by atoms with Crippen molar-refractivity contribution in [1.29, 1.82) is 0 Å². The normalized spacial score (nSPS) is 16.7. The van der Waals surface area contributed by atoms with Gasteiger partial charge >= 0.3 is 5.97 Å². The number of ether oxygens (including phenoxy) is 1. The lowest BCUT2D eigenvalue weighted by atomic mass is 9.93. The Morgan fingerprint density at radius 1 is 1.50 bits per heavy atom. The van der Waals surface area contributed by atoms with Gasteiger partial charge in [-0.2, -0.15) is 5.90 Å². The van der Waals surface area contributed by atoms with E-state index in [9.17, 15) is 9.59 Å². The summed E-state index contributed by atoms with van der Waals surface area (Å²) in [6.07, 6.45) is 0. The highest BCUT2D eigenvalue weighted by atomic mass is 16.7. The van der Waals surface area contributed by atoms with Crippen LogP contribution in [0.15, 0.2) is 0 Å². The van der Waals surface area contributed by atoms with E-state index < -0.39 is 11.5 Å². The van der Waals surface area contributed by atoms with Crippen LogP contribution in [0.1, 0.15) is 27.7 Å². The molecule has 0 bridgehead atoms. The van der Waals surface area contributed by atoms with Gasteiger partial charge in [0.25, 0.3) is 6.47 Å². The van der Waals surface area contributed by atoms with Crippen LogP contribution in [0.2, 0.25) is 0 Å². The lowest BCUT2D eigenvalue weighted by Crippen LogP contribution is -2.72. The van der Waals surface area contributed by atoms with Gasteiger partial charge in [0.1, 0.15) is 11.1 Å². The molecule has 1 aliphatic rings. The molecule has 1 rings (SSSR count). The molecule has 4 N–H and O–H groups in total. The predicted molar refractivity (Wildman–Crippen MR) is 66.5 cm³/mol. The van der Waals surface area contributed by atoms with Crippen molar-refractivity contribution in [1.82, 2.24) is 10.6 Å². The van der Waals surface area contributed by atoms with Gasteiger partial charge in [0, 0.05) is 13.1 Å². The third kappa shape index (κ3) is 5.44. The summed E-state index contributed by atoms with van der Waals surface area (Å²) >= 11 is 0. The SMILES string of the molecule is CC(C)(C)OC=O.CCNC1(C(=O)ON)CNC1. The van der Waals surface area contributed by atoms with E-state index in [0.717, 1.165) is 6.54 Å². The molecular formula is C11H23N3O4. The lowest BCUT2D eigenvalue weighted by Gasteiger charge is -2.39. The minimum absolute atomic E-state index is 0.318. The van der Waals surface area contributed by atoms with Crippen molar-refractivity contribution in [2.24, 2.45) is 5.90 Å². The van der Waals surface area contributed by atoms with Gasteiger partial charge in [0.2, 0.25) is 0 Å². The Morgan fingerprint density at radius 3 is 2.22 bits per heavy atom. The molecule has 106 valence electrons. The van der Waals surface area contributed by atoms with Crippen molar-refractivity contribution in [3.8, 4) is 0 Å². The molecular weight excluding hydrogens is 238 g/mol. The molecule has 0 atom stereocenters. The molecule has 0 aromatic heterocycles. The second kappa shape index (κ2) is 7.30. The first kappa shape index (κ1) is 16.8. The van der Waals surface area contributed by atoms with Crippen LogP contribution < -0.4 is 16.5 Å². The van der Waals surface area contributed by atoms with Crippen LogP contribution in [0.25, 0.3) is 0 Å². The third-order valence-corrected chi connectivity index (χ3v) is 2.27. The molecule has 0 amide bonds. The molecule has 0 unspecified atom stereocenters. The summed E-state index contributed by atoms with van der Waals surface area (Å²) in [7, 11) is 0. The van der Waals surface area contributed by atoms with Crippen LogP contribution in [0.5, 0.6) is 0 Å². The molecule has 7 heteroatoms. The summed E-state index contributed by atoms with van der Waals surface area (Å²) < 4.78 is 4.55. The van der Waals surface area contributed by atoms with E-state index in [1.807, 2.05) is 27.7 Å². The zero-order valence-corrected chi connectivity index (χ0v) is 11.4. The van der Waals surface area contributed by atoms with Crippen LogP contribution in [0, 0.1) is 0 Å². The Balaban J connectivity index is 0.000000360. The maximum atomic E-state index is 11.1. The molecule has 0 radical (unpaired) electrons. The number of nitrogens with two attached hydrogens (primary N) is 1. The van der Waals surface area contributed by atoms with E-state index >= 15 is 0 Å². The fraction of sp³-hybridized carbons (Fsp3) is 0.818. The predicted octanol–water partition coefficient (Wildman–Crippen LogP) is -0.687. The van der Waals surface area contributed by atoms with Gasteiger partial charge in [0.15, 0.2) is 0 Å². The molecule has 0 aliphatic carbocycles. The van der Waals surface area contributed by atoms with Gasteiger partial charge in [-0.15, -0.1) is 0 Å². The van der Waals surface area contributed by atoms with Crippen molar-refractivity contribution in [2.45, 2.75) is 38.8 Å². The highest BCUT2D eigenvalue weighted by Crippen LogP contribution is 2.11. The molecule has 1 aliphatic heterocycles. The minimum atomic E-state index is -0.566. The second-order valence-electron chi connectivity index (χ2n) is 4.95. The molecule has 0 saturated carbocycles. The molecule has 7 nitrogen and oxygen atoms in total. The van der Waals surface area contributed by atoms with Crippen LogP contribution in [-0.2, 0) is 19.2 Å². The number of hydrogen-bond donors (Lipinski definition) is 3. The molecule has 18 heavy (non-hydrogen) atoms. The van der Waals surface area contributed by atoms with Crippen molar-refractivity contribution in [3.63, 3.8) is 0 Å². The molecule has 0 spiro atoms. The molecule has 1 heterocycles. The monoisotopic (exact) mass is 261 g/mol. The van der Waals surface area contributed by atoms with E-state index in [2.05, 4.69) is 20.2 Å². The number of hydrogen-bond acceptors (Lipinski definition) is 7. The first-order valence-electron chi connectivity index (χ1n) is 5.79. The Labute approximate surface area is 107 Å². The van der Waals surface area contributed by atoms with Gasteiger partial charge in [-0.1, -0.05) is 6.92 Å². The Morgan fingerprint density at radius 2 is 2.06 bits per heavy atom. The van der Waals surface area contributed by atoms with E-state index in [1.54, 1.807) is 0 Å². The molecule has 1 fully saturated rings. The van der Waals surface area contributed by atoms with Crippen molar-refractivity contribution in [2.75, 3.05) is 19.6 Å². The average Bonchev–Trinajstić information content (AvgIpc) is 2.21. The average molecular weight is 261 g/mol. The van der Waals surface area contributed by atoms with E-state index in [-0.39, 0.29) is 5.60 Å². The first-order valence-corrected chi connectivity index (χ1v) is 5.79. The Bertz CT molecular complexity index is 272. The van der Waals surface area contributed by atoms with Gasteiger partial charge in [-0.25, -0.2) is 4.79 Å². The number of likely N-dealkylation sites (N-methyl/N-ethyl adjacent to an activating group) is 1. The summed E-state index contributed by atoms with van der Waals surface area (Å²) in [5.41, 5.74) is -0.884. The highest BCUT2D eigenvalue weighted by molar-refractivity contribution is 5.82. The van der Waals surface area contributed by atoms with E-state index in [0.29, 0.717) is 19.6 Å². The molecule has 0 aromatic rings. The molecule has 0 aromatic carbocycles. The molecule has 1 saturated heterocycles. The topological polar surface area (TPSA) is 103 Å². The Hall–Kier alpha value is -1.18. The Kier molecular flexibility index (Phi) is 6.82. The van der Waals surface area contributed by atoms with E-state index in [4.69, 9.17) is 5.90 Å². The first-order chi connectivity index (χ1) is 8.31. The van der Waals surface area contributed by atoms with Crippen LogP contribution >= 0.6 is 0 Å². The van der Waals surface area contributed by atoms with Crippen LogP contribution in [0.4, 0.5) is 0 Å². The van der Waals surface area contributed by atoms with Crippen molar-refractivity contribution >= 4 is 12.4 Å². The number of nitrogens with one attached hydrogen (secondary N) is 2. The third-order valence-electron chi connectivity index (χ3n) is 2.27. The second-order valence-corrected chi connectivity index (χ2v) is 4.95. The lowest BCUT2D eigenvalue weighted by molar-refractivity contribution is -0.154. The largest absolute Gasteiger partial charge is 0.462 e. The van der Waals surface area contributed by atoms with Gasteiger partial charge in [-0.3, -0.25) is 10.1 Å². The maximum Gasteiger partial charge on any atom is 0.347 e. The highest BCUT2D eigenvalue weighted by Gasteiger charge is 2.45. The number of carbonyl (C=O) groups excluding carboxylic acids is 2. The summed E-state index contributed by atoms with van der Waals surface area (Å²) in [5.74, 6) is 4.39. The van der Waals surface area contributed by atoms with Crippen molar-refractivity contribution < 1.29 is 19.2 Å². The quantitative estimate of drug-likeness (QED) is 0.455. The van der Waals surface area contributed by atoms with Gasteiger partial charge in [-0.05, 0) is 27.3 Å². The van der Waals surface area contributed by atoms with Crippen LogP contribution in [0.3, 0.4) is 0 Å². The zero-order chi connectivity index (χ0) is 14.2. The van der Waals surface area contributed by atoms with Gasteiger partial charge < -0.3 is 14.9 Å². The maximum absolute atomic E-state index is 11.1. The zero-order valence-electron chi connectivity index (χ0n) is 11.4. The number of rotatable bonds is 4. The van der Waals surface area contributed by atoms with Crippen molar-refractivity contribution in [3.05, 3.63) is 0 Å². The number of carbonyl (C=O) groups is 2. The van der Waals surface area contributed by atoms with Gasteiger partial charge in [0.05, 0.1) is 0 Å². The summed E-state index contributed by atoms with van der Waals surface area (Å²) in [6, 6.07) is 0. The standard InChI is InChI=1S/C6H13N3O2.C5H10O2/c1-2-9-6(3-8-4-6)5(10)11-7;1-5(2,3)7-4-6/h8-9H,2-4,7H2,1H3;4H,1-3H3. The fourth-order valence-corrected chi connectivity index (χ4v) is 1.31.